The lowest BCUT2D eigenvalue weighted by Crippen LogP contribution is -2.46. The minimum absolute atomic E-state index is 0.842. The van der Waals surface area contributed by atoms with Crippen LogP contribution in [-0.2, 0) is 11.3 Å². The molecule has 0 unspecified atom stereocenters. The first-order valence-corrected chi connectivity index (χ1v) is 3.29. The lowest BCUT2D eigenvalue weighted by Gasteiger charge is -2.12. The van der Waals surface area contributed by atoms with Crippen molar-refractivity contribution < 1.29 is 13.6 Å². The molecule has 0 aliphatic heterocycles. The monoisotopic (exact) mass is 191 g/mol. The average Bonchev–Trinajstić information content (AvgIpc) is 2.54. The van der Waals surface area contributed by atoms with E-state index in [2.05, 4.69) is 16.2 Å². The van der Waals surface area contributed by atoms with E-state index in [0.717, 1.165) is 4.68 Å². The Labute approximate surface area is 71.7 Å². The lowest BCUT2D eigenvalue weighted by atomic mass is 10.3. The van der Waals surface area contributed by atoms with Crippen molar-refractivity contribution in [3.8, 4) is 0 Å². The number of carbonyl (C=O) groups excluding carboxylic acids is 1. The van der Waals surface area contributed by atoms with Crippen LogP contribution in [0, 0.1) is 0 Å². The Morgan fingerprint density at radius 1 is 1.69 bits per heavy atom. The molecule has 0 atom stereocenters. The summed E-state index contributed by atoms with van der Waals surface area (Å²) in [5.74, 6) is -0.571. The number of halogens is 2. The van der Waals surface area contributed by atoms with E-state index in [4.69, 9.17) is 0 Å². The number of hydrogen-bond donors (Lipinski definition) is 2. The van der Waals surface area contributed by atoms with Gasteiger partial charge in [-0.15, -0.1) is 5.10 Å². The normalized spacial score (nSPS) is 11.3. The van der Waals surface area contributed by atoms with Gasteiger partial charge < -0.3 is 0 Å². The Bertz CT molecular complexity index is 285. The molecule has 0 aromatic carbocycles. The fourth-order valence-corrected chi connectivity index (χ4v) is 0.698. The van der Waals surface area contributed by atoms with Gasteiger partial charge in [-0.25, -0.2) is 10.5 Å². The van der Waals surface area contributed by atoms with Crippen LogP contribution in [0.4, 0.5) is 8.78 Å². The summed E-state index contributed by atoms with van der Waals surface area (Å²) in [6.07, 6.45) is 2.45. The van der Waals surface area contributed by atoms with Gasteiger partial charge in [0.25, 0.3) is 0 Å². The summed E-state index contributed by atoms with van der Waals surface area (Å²) in [5, 5.41) is 6.59. The van der Waals surface area contributed by atoms with Crippen molar-refractivity contribution in [1.82, 2.24) is 20.4 Å². The number of nitrogens with zero attached hydrogens (tertiary/aromatic N) is 3. The number of aromatic nitrogens is 3. The number of nitrogens with one attached hydrogen (secondary N) is 1. The third kappa shape index (κ3) is 2.18. The van der Waals surface area contributed by atoms with Gasteiger partial charge in [-0.2, -0.15) is 8.78 Å². The van der Waals surface area contributed by atoms with Crippen LogP contribution in [0.1, 0.15) is 0 Å². The number of nitrogens with two attached hydrogens (primary N) is 1. The fourth-order valence-electron chi connectivity index (χ4n) is 0.698. The topological polar surface area (TPSA) is 85.8 Å². The Kier molecular flexibility index (Phi) is 2.52. The standard InChI is InChI=1S/C5H7F2N5O/c6-5(7,4(13)10-8)3-12-2-1-9-11-12/h1-2H,3,8H2,(H,10,13). The first-order valence-electron chi connectivity index (χ1n) is 3.29. The fraction of sp³-hybridized carbons (Fsp3) is 0.400. The predicted octanol–water partition coefficient (Wildman–Crippen LogP) is -1.10. The highest BCUT2D eigenvalue weighted by molar-refractivity contribution is 5.82. The van der Waals surface area contributed by atoms with E-state index in [0.29, 0.717) is 0 Å². The summed E-state index contributed by atoms with van der Waals surface area (Å²) in [6, 6.07) is 0. The number of rotatable bonds is 3. The molecule has 0 fully saturated rings. The van der Waals surface area contributed by atoms with Gasteiger partial charge in [0.2, 0.25) is 0 Å². The maximum atomic E-state index is 12.8. The highest BCUT2D eigenvalue weighted by Gasteiger charge is 2.39. The summed E-state index contributed by atoms with van der Waals surface area (Å²) in [4.78, 5) is 10.5. The van der Waals surface area contributed by atoms with Crippen molar-refractivity contribution in [2.24, 2.45) is 5.84 Å². The molecule has 0 aliphatic carbocycles. The molecular formula is C5H7F2N5O. The molecule has 1 aromatic heterocycles. The minimum atomic E-state index is -3.58. The maximum absolute atomic E-state index is 12.8. The van der Waals surface area contributed by atoms with Crippen LogP contribution >= 0.6 is 0 Å². The maximum Gasteiger partial charge on any atom is 0.345 e. The molecule has 3 N–H and O–H groups in total. The Morgan fingerprint density at radius 2 is 2.38 bits per heavy atom. The molecule has 8 heteroatoms. The number of hydrogen-bond acceptors (Lipinski definition) is 4. The summed E-state index contributed by atoms with van der Waals surface area (Å²) in [5.41, 5.74) is 1.37. The van der Waals surface area contributed by atoms with E-state index >= 15 is 0 Å². The van der Waals surface area contributed by atoms with Crippen molar-refractivity contribution in [3.63, 3.8) is 0 Å². The van der Waals surface area contributed by atoms with Crippen molar-refractivity contribution in [2.45, 2.75) is 12.5 Å². The molecule has 0 bridgehead atoms. The quantitative estimate of drug-likeness (QED) is 0.361. The highest BCUT2D eigenvalue weighted by atomic mass is 19.3. The second-order valence-electron chi connectivity index (χ2n) is 2.28. The first-order chi connectivity index (χ1) is 6.06. The van der Waals surface area contributed by atoms with Crippen LogP contribution in [0.15, 0.2) is 12.4 Å². The number of carbonyl (C=O) groups is 1. The molecule has 1 amide bonds. The minimum Gasteiger partial charge on any atom is -0.289 e. The second kappa shape index (κ2) is 3.44. The van der Waals surface area contributed by atoms with Crippen molar-refractivity contribution in [2.75, 3.05) is 0 Å². The Hall–Kier alpha value is -1.57. The van der Waals surface area contributed by atoms with E-state index < -0.39 is 18.4 Å². The first kappa shape index (κ1) is 9.52. The second-order valence-corrected chi connectivity index (χ2v) is 2.28. The average molecular weight is 191 g/mol. The summed E-state index contributed by atoms with van der Waals surface area (Å²) in [7, 11) is 0. The SMILES string of the molecule is NNC(=O)C(F)(F)Cn1ccnn1. The third-order valence-electron chi connectivity index (χ3n) is 1.30. The van der Waals surface area contributed by atoms with E-state index in [1.54, 1.807) is 0 Å². The van der Waals surface area contributed by atoms with Crippen molar-refractivity contribution in [1.29, 1.82) is 0 Å². The third-order valence-corrected chi connectivity index (χ3v) is 1.30. The number of alkyl halides is 2. The van der Waals surface area contributed by atoms with Gasteiger partial charge in [-0.1, -0.05) is 5.21 Å². The van der Waals surface area contributed by atoms with Crippen LogP contribution in [0.5, 0.6) is 0 Å². The largest absolute Gasteiger partial charge is 0.345 e. The van der Waals surface area contributed by atoms with Crippen LogP contribution in [0.3, 0.4) is 0 Å². The van der Waals surface area contributed by atoms with E-state index in [9.17, 15) is 13.6 Å². The number of amides is 1. The zero-order chi connectivity index (χ0) is 9.90. The van der Waals surface area contributed by atoms with Gasteiger partial charge >= 0.3 is 11.8 Å². The molecule has 72 valence electrons. The van der Waals surface area contributed by atoms with Gasteiger partial charge in [0.15, 0.2) is 0 Å². The van der Waals surface area contributed by atoms with E-state index in [1.165, 1.54) is 17.8 Å². The molecule has 0 aliphatic rings. The van der Waals surface area contributed by atoms with Gasteiger partial charge in [0.1, 0.15) is 6.54 Å². The van der Waals surface area contributed by atoms with Crippen LogP contribution in [0.2, 0.25) is 0 Å². The van der Waals surface area contributed by atoms with Gasteiger partial charge in [0.05, 0.1) is 6.20 Å². The summed E-state index contributed by atoms with van der Waals surface area (Å²) >= 11 is 0. The molecule has 13 heavy (non-hydrogen) atoms. The van der Waals surface area contributed by atoms with Gasteiger partial charge in [-0.3, -0.25) is 10.2 Å². The van der Waals surface area contributed by atoms with Crippen LogP contribution in [0.25, 0.3) is 0 Å². The highest BCUT2D eigenvalue weighted by Crippen LogP contribution is 2.14. The molecule has 1 rings (SSSR count). The molecule has 1 heterocycles. The van der Waals surface area contributed by atoms with Crippen LogP contribution < -0.4 is 11.3 Å². The summed E-state index contributed by atoms with van der Waals surface area (Å²) < 4.78 is 26.4. The predicted molar refractivity (Wildman–Crippen MR) is 37.3 cm³/mol. The molecular weight excluding hydrogens is 184 g/mol. The molecule has 0 spiro atoms. The van der Waals surface area contributed by atoms with Crippen LogP contribution in [-0.4, -0.2) is 26.8 Å². The zero-order valence-corrected chi connectivity index (χ0v) is 6.44. The van der Waals surface area contributed by atoms with Gasteiger partial charge in [-0.05, 0) is 0 Å². The molecule has 0 saturated carbocycles. The van der Waals surface area contributed by atoms with Gasteiger partial charge in [0, 0.05) is 6.20 Å². The molecule has 6 nitrogen and oxygen atoms in total. The summed E-state index contributed by atoms with van der Waals surface area (Å²) in [6.45, 7) is -0.879. The lowest BCUT2D eigenvalue weighted by molar-refractivity contribution is -0.147. The molecule has 0 radical (unpaired) electrons. The van der Waals surface area contributed by atoms with Crippen molar-refractivity contribution >= 4 is 5.91 Å². The molecule has 0 saturated heterocycles. The van der Waals surface area contributed by atoms with E-state index in [-0.39, 0.29) is 0 Å². The zero-order valence-electron chi connectivity index (χ0n) is 6.44. The van der Waals surface area contributed by atoms with E-state index in [1.807, 2.05) is 0 Å². The molecule has 1 aromatic rings. The Morgan fingerprint density at radius 3 is 2.85 bits per heavy atom. The smallest absolute Gasteiger partial charge is 0.289 e. The number of hydrazine groups is 1. The van der Waals surface area contributed by atoms with Crippen molar-refractivity contribution in [3.05, 3.63) is 12.4 Å². The Balaban J connectivity index is 2.67.